The molecule has 0 unspecified atom stereocenters. The maximum Gasteiger partial charge on any atom is 0.231 e. The lowest BCUT2D eigenvalue weighted by molar-refractivity contribution is 0.171. The van der Waals surface area contributed by atoms with Crippen molar-refractivity contribution in [3.63, 3.8) is 0 Å². The molecule has 1 aliphatic rings. The summed E-state index contributed by atoms with van der Waals surface area (Å²) >= 11 is 5.75. The summed E-state index contributed by atoms with van der Waals surface area (Å²) in [7, 11) is 1.56. The molecule has 3 rings (SSSR count). The SMILES string of the molecule is COc1cc(CNc2cccc(Cl)c2F)cc2c1OCO2. The number of benzene rings is 2. The molecule has 0 fully saturated rings. The minimum Gasteiger partial charge on any atom is -0.493 e. The van der Waals surface area contributed by atoms with E-state index in [1.165, 1.54) is 6.07 Å². The maximum absolute atomic E-state index is 13.8. The van der Waals surface area contributed by atoms with Crippen molar-refractivity contribution in [3.05, 3.63) is 46.7 Å². The summed E-state index contributed by atoms with van der Waals surface area (Å²) in [6.45, 7) is 0.579. The molecule has 1 aliphatic heterocycles. The Morgan fingerprint density at radius 3 is 3.00 bits per heavy atom. The van der Waals surface area contributed by atoms with Gasteiger partial charge in [0.05, 0.1) is 17.8 Å². The fourth-order valence-electron chi connectivity index (χ4n) is 2.12. The third kappa shape index (κ3) is 2.69. The normalized spacial score (nSPS) is 12.3. The van der Waals surface area contributed by atoms with Crippen LogP contribution in [0.4, 0.5) is 10.1 Å². The molecule has 0 atom stereocenters. The lowest BCUT2D eigenvalue weighted by Crippen LogP contribution is -2.02. The lowest BCUT2D eigenvalue weighted by atomic mass is 10.1. The Labute approximate surface area is 126 Å². The molecule has 0 bridgehead atoms. The van der Waals surface area contributed by atoms with Gasteiger partial charge in [-0.3, -0.25) is 0 Å². The van der Waals surface area contributed by atoms with Gasteiger partial charge in [0.15, 0.2) is 17.3 Å². The molecular weight excluding hydrogens is 297 g/mol. The first-order valence-corrected chi connectivity index (χ1v) is 6.71. The van der Waals surface area contributed by atoms with E-state index in [4.69, 9.17) is 25.8 Å². The average Bonchev–Trinajstić information content (AvgIpc) is 2.96. The van der Waals surface area contributed by atoms with E-state index in [0.717, 1.165) is 5.56 Å². The first kappa shape index (κ1) is 13.8. The van der Waals surface area contributed by atoms with Crippen LogP contribution in [-0.4, -0.2) is 13.9 Å². The van der Waals surface area contributed by atoms with Gasteiger partial charge in [0, 0.05) is 6.54 Å². The van der Waals surface area contributed by atoms with Crippen molar-refractivity contribution in [2.24, 2.45) is 0 Å². The number of methoxy groups -OCH3 is 1. The van der Waals surface area contributed by atoms with Gasteiger partial charge in [-0.15, -0.1) is 0 Å². The number of fused-ring (bicyclic) bond motifs is 1. The number of anilines is 1. The van der Waals surface area contributed by atoms with Gasteiger partial charge in [0.2, 0.25) is 12.5 Å². The lowest BCUT2D eigenvalue weighted by Gasteiger charge is -2.11. The van der Waals surface area contributed by atoms with Crippen LogP contribution in [0.5, 0.6) is 17.2 Å². The van der Waals surface area contributed by atoms with Crippen molar-refractivity contribution in [3.8, 4) is 17.2 Å². The molecule has 0 saturated heterocycles. The number of ether oxygens (including phenoxy) is 3. The predicted octanol–water partition coefficient (Wildman–Crippen LogP) is 3.83. The highest BCUT2D eigenvalue weighted by Crippen LogP contribution is 2.41. The highest BCUT2D eigenvalue weighted by molar-refractivity contribution is 6.31. The third-order valence-corrected chi connectivity index (χ3v) is 3.44. The average molecular weight is 310 g/mol. The van der Waals surface area contributed by atoms with Crippen LogP contribution in [0.1, 0.15) is 5.56 Å². The Kier molecular flexibility index (Phi) is 3.75. The van der Waals surface area contributed by atoms with E-state index in [9.17, 15) is 4.39 Å². The van der Waals surface area contributed by atoms with Crippen LogP contribution in [0.3, 0.4) is 0 Å². The Bertz CT molecular complexity index is 678. The molecule has 0 spiro atoms. The Balaban J connectivity index is 1.81. The van der Waals surface area contributed by atoms with E-state index >= 15 is 0 Å². The summed E-state index contributed by atoms with van der Waals surface area (Å²) in [4.78, 5) is 0. The molecule has 0 saturated carbocycles. The molecule has 0 aromatic heterocycles. The van der Waals surface area contributed by atoms with Crippen LogP contribution in [0.15, 0.2) is 30.3 Å². The number of nitrogens with one attached hydrogen (secondary N) is 1. The first-order valence-electron chi connectivity index (χ1n) is 6.33. The molecule has 0 radical (unpaired) electrons. The number of halogens is 2. The van der Waals surface area contributed by atoms with Gasteiger partial charge in [0.25, 0.3) is 0 Å². The summed E-state index contributed by atoms with van der Waals surface area (Å²) in [6.07, 6.45) is 0. The monoisotopic (exact) mass is 309 g/mol. The molecule has 6 heteroatoms. The minimum absolute atomic E-state index is 0.0864. The summed E-state index contributed by atoms with van der Waals surface area (Å²) in [5.41, 5.74) is 1.23. The summed E-state index contributed by atoms with van der Waals surface area (Å²) in [6, 6.07) is 8.48. The fraction of sp³-hybridized carbons (Fsp3) is 0.200. The smallest absolute Gasteiger partial charge is 0.231 e. The first-order chi connectivity index (χ1) is 10.2. The van der Waals surface area contributed by atoms with E-state index in [-0.39, 0.29) is 11.8 Å². The minimum atomic E-state index is -0.466. The van der Waals surface area contributed by atoms with Crippen LogP contribution in [-0.2, 0) is 6.54 Å². The van der Waals surface area contributed by atoms with Gasteiger partial charge < -0.3 is 19.5 Å². The van der Waals surface area contributed by atoms with Crippen molar-refractivity contribution in [1.82, 2.24) is 0 Å². The third-order valence-electron chi connectivity index (χ3n) is 3.15. The molecule has 4 nitrogen and oxygen atoms in total. The summed E-state index contributed by atoms with van der Waals surface area (Å²) < 4.78 is 29.7. The number of hydrogen-bond donors (Lipinski definition) is 1. The quantitative estimate of drug-likeness (QED) is 0.932. The molecule has 1 heterocycles. The maximum atomic E-state index is 13.8. The van der Waals surface area contributed by atoms with Crippen molar-refractivity contribution in [1.29, 1.82) is 0 Å². The van der Waals surface area contributed by atoms with Crippen LogP contribution in [0.2, 0.25) is 5.02 Å². The molecule has 2 aromatic rings. The molecule has 0 aliphatic carbocycles. The van der Waals surface area contributed by atoms with Crippen LogP contribution < -0.4 is 19.5 Å². The van der Waals surface area contributed by atoms with Crippen molar-refractivity contribution < 1.29 is 18.6 Å². The Hall–Kier alpha value is -2.14. The molecule has 0 amide bonds. The summed E-state index contributed by atoms with van der Waals surface area (Å²) in [5.74, 6) is 1.34. The molecular formula is C15H13ClFNO3. The van der Waals surface area contributed by atoms with Gasteiger partial charge in [-0.05, 0) is 29.8 Å². The van der Waals surface area contributed by atoms with Crippen LogP contribution >= 0.6 is 11.6 Å². The fourth-order valence-corrected chi connectivity index (χ4v) is 2.30. The summed E-state index contributed by atoms with van der Waals surface area (Å²) in [5, 5.41) is 3.09. The Morgan fingerprint density at radius 2 is 2.19 bits per heavy atom. The van der Waals surface area contributed by atoms with Gasteiger partial charge in [-0.1, -0.05) is 17.7 Å². The number of rotatable bonds is 4. The zero-order valence-electron chi connectivity index (χ0n) is 11.3. The molecule has 1 N–H and O–H groups in total. The van der Waals surface area contributed by atoms with E-state index in [0.29, 0.717) is 29.5 Å². The van der Waals surface area contributed by atoms with Crippen molar-refractivity contribution in [2.75, 3.05) is 19.2 Å². The van der Waals surface area contributed by atoms with E-state index in [1.54, 1.807) is 19.2 Å². The second-order valence-electron chi connectivity index (χ2n) is 4.49. The zero-order valence-corrected chi connectivity index (χ0v) is 12.0. The van der Waals surface area contributed by atoms with Crippen molar-refractivity contribution in [2.45, 2.75) is 6.54 Å². The van der Waals surface area contributed by atoms with Crippen LogP contribution in [0, 0.1) is 5.82 Å². The number of hydrogen-bond acceptors (Lipinski definition) is 4. The van der Waals surface area contributed by atoms with Crippen LogP contribution in [0.25, 0.3) is 0 Å². The van der Waals surface area contributed by atoms with Gasteiger partial charge >= 0.3 is 0 Å². The molecule has 21 heavy (non-hydrogen) atoms. The zero-order chi connectivity index (χ0) is 14.8. The molecule has 2 aromatic carbocycles. The topological polar surface area (TPSA) is 39.7 Å². The van der Waals surface area contributed by atoms with E-state index in [1.807, 2.05) is 12.1 Å². The van der Waals surface area contributed by atoms with E-state index in [2.05, 4.69) is 5.32 Å². The standard InChI is InChI=1S/C15H13ClFNO3/c1-19-12-5-9(6-13-15(12)21-8-20-13)7-18-11-4-2-3-10(16)14(11)17/h2-6,18H,7-8H2,1H3. The van der Waals surface area contributed by atoms with Gasteiger partial charge in [-0.2, -0.15) is 0 Å². The largest absolute Gasteiger partial charge is 0.493 e. The van der Waals surface area contributed by atoms with Crippen molar-refractivity contribution >= 4 is 17.3 Å². The highest BCUT2D eigenvalue weighted by Gasteiger charge is 2.20. The van der Waals surface area contributed by atoms with Gasteiger partial charge in [0.1, 0.15) is 0 Å². The highest BCUT2D eigenvalue weighted by atomic mass is 35.5. The second kappa shape index (κ2) is 5.69. The van der Waals surface area contributed by atoms with E-state index < -0.39 is 5.82 Å². The molecule has 110 valence electrons. The second-order valence-corrected chi connectivity index (χ2v) is 4.89. The Morgan fingerprint density at radius 1 is 1.33 bits per heavy atom. The van der Waals surface area contributed by atoms with Gasteiger partial charge in [-0.25, -0.2) is 4.39 Å². The predicted molar refractivity (Wildman–Crippen MR) is 77.9 cm³/mol.